The summed E-state index contributed by atoms with van der Waals surface area (Å²) in [6.45, 7) is 1.45. The van der Waals surface area contributed by atoms with Crippen molar-refractivity contribution in [2.75, 3.05) is 12.4 Å². The van der Waals surface area contributed by atoms with Crippen LogP contribution < -0.4 is 10.1 Å². The number of phenols is 1. The highest BCUT2D eigenvalue weighted by Gasteiger charge is 2.22. The molecule has 3 N–H and O–H groups in total. The first-order valence-corrected chi connectivity index (χ1v) is 12.3. The number of carbonyl (C=O) groups is 1. The zero-order chi connectivity index (χ0) is 26.0. The molecule has 4 aromatic carbocycles. The number of carbonyl (C=O) groups excluding carboxylic acids is 1. The summed E-state index contributed by atoms with van der Waals surface area (Å²) in [4.78, 5) is 12.6. The van der Waals surface area contributed by atoms with E-state index in [0.717, 1.165) is 0 Å². The Labute approximate surface area is 211 Å². The second kappa shape index (κ2) is 9.94. The number of benzene rings is 4. The number of nitrogens with one attached hydrogen (secondary N) is 1. The number of methoxy groups -OCH3 is 1. The second-order valence-electron chi connectivity index (χ2n) is 7.77. The number of phenolic OH excluding ortho intramolecular Hbond substituents is 1. The molecule has 0 aromatic heterocycles. The van der Waals surface area contributed by atoms with Gasteiger partial charge in [-0.15, -0.1) is 10.2 Å². The SMILES string of the molecule is COc1cccc(NC(=O)c2cc3ccccc3c(N=Nc3cc(Cl)cc(C)c3S(=O)(=O)O)c2O)c1. The number of hydrogen-bond acceptors (Lipinski definition) is 7. The first-order valence-electron chi connectivity index (χ1n) is 10.5. The van der Waals surface area contributed by atoms with Crippen molar-refractivity contribution in [2.24, 2.45) is 10.2 Å². The smallest absolute Gasteiger partial charge is 0.297 e. The van der Waals surface area contributed by atoms with E-state index >= 15 is 0 Å². The number of amides is 1. The molecule has 9 nitrogen and oxygen atoms in total. The number of azo groups is 1. The fourth-order valence-corrected chi connectivity index (χ4v) is 4.81. The van der Waals surface area contributed by atoms with E-state index in [2.05, 4.69) is 15.5 Å². The Morgan fingerprint density at radius 2 is 1.78 bits per heavy atom. The van der Waals surface area contributed by atoms with E-state index in [4.69, 9.17) is 16.3 Å². The lowest BCUT2D eigenvalue weighted by molar-refractivity contribution is 0.102. The average molecular weight is 526 g/mol. The quantitative estimate of drug-likeness (QED) is 0.196. The average Bonchev–Trinajstić information content (AvgIpc) is 2.81. The molecular weight excluding hydrogens is 506 g/mol. The van der Waals surface area contributed by atoms with Crippen molar-refractivity contribution < 1.29 is 27.6 Å². The van der Waals surface area contributed by atoms with Crippen LogP contribution in [0.4, 0.5) is 17.1 Å². The van der Waals surface area contributed by atoms with E-state index in [1.807, 2.05) is 0 Å². The molecule has 0 heterocycles. The molecule has 11 heteroatoms. The van der Waals surface area contributed by atoms with Gasteiger partial charge in [-0.1, -0.05) is 41.9 Å². The minimum Gasteiger partial charge on any atom is -0.505 e. The summed E-state index contributed by atoms with van der Waals surface area (Å²) in [6.07, 6.45) is 0. The topological polar surface area (TPSA) is 138 Å². The lowest BCUT2D eigenvalue weighted by atomic mass is 10.0. The van der Waals surface area contributed by atoms with Crippen molar-refractivity contribution in [1.29, 1.82) is 0 Å². The van der Waals surface area contributed by atoms with Crippen molar-refractivity contribution in [2.45, 2.75) is 11.8 Å². The molecule has 1 amide bonds. The second-order valence-corrected chi connectivity index (χ2v) is 9.57. The molecule has 0 atom stereocenters. The molecule has 0 spiro atoms. The normalized spacial score (nSPS) is 11.7. The number of fused-ring (bicyclic) bond motifs is 1. The Bertz CT molecular complexity index is 1640. The van der Waals surface area contributed by atoms with Gasteiger partial charge in [-0.2, -0.15) is 8.42 Å². The predicted molar refractivity (Wildman–Crippen MR) is 137 cm³/mol. The fourth-order valence-electron chi connectivity index (χ4n) is 3.72. The Kier molecular flexibility index (Phi) is 6.93. The van der Waals surface area contributed by atoms with Crippen LogP contribution in [0, 0.1) is 6.92 Å². The van der Waals surface area contributed by atoms with Crippen LogP contribution >= 0.6 is 11.6 Å². The summed E-state index contributed by atoms with van der Waals surface area (Å²) in [7, 11) is -3.15. The number of halogens is 1. The third-order valence-corrected chi connectivity index (χ3v) is 6.57. The van der Waals surface area contributed by atoms with Crippen LogP contribution in [0.2, 0.25) is 5.02 Å². The number of anilines is 1. The number of rotatable bonds is 6. The maximum absolute atomic E-state index is 13.1. The Morgan fingerprint density at radius 3 is 2.50 bits per heavy atom. The van der Waals surface area contributed by atoms with Crippen LogP contribution in [-0.2, 0) is 10.1 Å². The van der Waals surface area contributed by atoms with Crippen molar-refractivity contribution in [3.05, 3.63) is 82.9 Å². The first kappa shape index (κ1) is 25.1. The molecule has 0 radical (unpaired) electrons. The van der Waals surface area contributed by atoms with E-state index in [1.54, 1.807) is 48.5 Å². The van der Waals surface area contributed by atoms with Crippen molar-refractivity contribution in [1.82, 2.24) is 0 Å². The summed E-state index contributed by atoms with van der Waals surface area (Å²) < 4.78 is 38.7. The Morgan fingerprint density at radius 1 is 1.03 bits per heavy atom. The molecule has 0 bridgehead atoms. The maximum Gasteiger partial charge on any atom is 0.297 e. The van der Waals surface area contributed by atoms with Gasteiger partial charge in [0, 0.05) is 22.2 Å². The van der Waals surface area contributed by atoms with Crippen LogP contribution in [0.15, 0.2) is 81.9 Å². The van der Waals surface area contributed by atoms with E-state index in [0.29, 0.717) is 22.2 Å². The third-order valence-electron chi connectivity index (χ3n) is 5.30. The summed E-state index contributed by atoms with van der Waals surface area (Å²) in [5.74, 6) is -0.540. The number of aromatic hydroxyl groups is 1. The predicted octanol–water partition coefficient (Wildman–Crippen LogP) is 6.43. The van der Waals surface area contributed by atoms with Crippen molar-refractivity contribution in [3.63, 3.8) is 0 Å². The van der Waals surface area contributed by atoms with Gasteiger partial charge in [0.1, 0.15) is 22.0 Å². The van der Waals surface area contributed by atoms with Crippen LogP contribution in [0.1, 0.15) is 15.9 Å². The van der Waals surface area contributed by atoms with Crippen LogP contribution in [0.25, 0.3) is 10.8 Å². The summed E-state index contributed by atoms with van der Waals surface area (Å²) in [5, 5.41) is 23.0. The highest BCUT2D eigenvalue weighted by molar-refractivity contribution is 7.86. The van der Waals surface area contributed by atoms with Gasteiger partial charge in [0.2, 0.25) is 0 Å². The standard InChI is InChI=1S/C25H20ClN3O6S/c1-14-10-16(26)12-21(24(14)36(32,33)34)28-29-22-19-9-4-3-6-15(19)11-20(23(22)30)25(31)27-17-7-5-8-18(13-17)35-2/h3-13,30H,1-2H3,(H,27,31)(H,32,33,34). The van der Waals surface area contributed by atoms with E-state index in [1.165, 1.54) is 32.2 Å². The van der Waals surface area contributed by atoms with Gasteiger partial charge in [-0.05, 0) is 48.2 Å². The van der Waals surface area contributed by atoms with Gasteiger partial charge in [0.25, 0.3) is 16.0 Å². The Hall–Kier alpha value is -3.99. The highest BCUT2D eigenvalue weighted by Crippen LogP contribution is 2.41. The Balaban J connectivity index is 1.84. The minimum absolute atomic E-state index is 0.0668. The lowest BCUT2D eigenvalue weighted by Gasteiger charge is -2.12. The molecule has 36 heavy (non-hydrogen) atoms. The molecule has 0 aliphatic heterocycles. The van der Waals surface area contributed by atoms with Crippen LogP contribution in [0.3, 0.4) is 0 Å². The first-order chi connectivity index (χ1) is 17.1. The summed E-state index contributed by atoms with van der Waals surface area (Å²) in [5.41, 5.74) is 0.240. The minimum atomic E-state index is -4.65. The molecule has 0 unspecified atom stereocenters. The third kappa shape index (κ3) is 5.15. The molecular formula is C25H20ClN3O6S. The van der Waals surface area contributed by atoms with Crippen LogP contribution in [-0.4, -0.2) is 31.1 Å². The molecule has 0 saturated carbocycles. The molecule has 0 saturated heterocycles. The highest BCUT2D eigenvalue weighted by atomic mass is 35.5. The molecule has 0 aliphatic carbocycles. The lowest BCUT2D eigenvalue weighted by Crippen LogP contribution is -2.12. The molecule has 4 rings (SSSR count). The van der Waals surface area contributed by atoms with E-state index in [9.17, 15) is 22.9 Å². The summed E-state index contributed by atoms with van der Waals surface area (Å²) in [6, 6.07) is 17.7. The number of aryl methyl sites for hydroxylation is 1. The van der Waals surface area contributed by atoms with Gasteiger partial charge in [-0.25, -0.2) is 0 Å². The van der Waals surface area contributed by atoms with Gasteiger partial charge < -0.3 is 15.2 Å². The molecule has 0 fully saturated rings. The zero-order valence-corrected chi connectivity index (χ0v) is 20.6. The van der Waals surface area contributed by atoms with Gasteiger partial charge in [0.05, 0.1) is 12.7 Å². The zero-order valence-electron chi connectivity index (χ0n) is 19.1. The van der Waals surface area contributed by atoms with Gasteiger partial charge >= 0.3 is 0 Å². The van der Waals surface area contributed by atoms with Crippen molar-refractivity contribution in [3.8, 4) is 11.5 Å². The number of nitrogens with zero attached hydrogens (tertiary/aromatic N) is 2. The van der Waals surface area contributed by atoms with Crippen LogP contribution in [0.5, 0.6) is 11.5 Å². The monoisotopic (exact) mass is 525 g/mol. The van der Waals surface area contributed by atoms with E-state index in [-0.39, 0.29) is 27.5 Å². The van der Waals surface area contributed by atoms with Crippen molar-refractivity contribution >= 4 is 55.5 Å². The maximum atomic E-state index is 13.1. The van der Waals surface area contributed by atoms with E-state index < -0.39 is 26.7 Å². The molecule has 0 aliphatic rings. The fraction of sp³-hybridized carbons (Fsp3) is 0.0800. The van der Waals surface area contributed by atoms with Gasteiger partial charge in [-0.3, -0.25) is 9.35 Å². The summed E-state index contributed by atoms with van der Waals surface area (Å²) >= 11 is 6.06. The van der Waals surface area contributed by atoms with Gasteiger partial charge in [0.15, 0.2) is 5.75 Å². The number of hydrogen-bond donors (Lipinski definition) is 3. The molecule has 4 aromatic rings. The largest absolute Gasteiger partial charge is 0.505 e. The number of ether oxygens (including phenoxy) is 1. The molecule has 184 valence electrons.